The van der Waals surface area contributed by atoms with Gasteiger partial charge in [-0.2, -0.15) is 13.2 Å². The minimum Gasteiger partial charge on any atom is -0.505 e. The van der Waals surface area contributed by atoms with E-state index < -0.39 is 11.7 Å². The lowest BCUT2D eigenvalue weighted by Crippen LogP contribution is -2.12. The Bertz CT molecular complexity index is 440. The molecule has 0 atom stereocenters. The van der Waals surface area contributed by atoms with Crippen molar-refractivity contribution in [3.63, 3.8) is 0 Å². The van der Waals surface area contributed by atoms with Gasteiger partial charge >= 0.3 is 6.18 Å². The van der Waals surface area contributed by atoms with Crippen molar-refractivity contribution in [3.05, 3.63) is 47.7 Å². The summed E-state index contributed by atoms with van der Waals surface area (Å²) in [5.74, 6) is 0.908. The van der Waals surface area contributed by atoms with Gasteiger partial charge in [0.25, 0.3) is 0 Å². The van der Waals surface area contributed by atoms with E-state index in [1.165, 1.54) is 12.1 Å². The van der Waals surface area contributed by atoms with Crippen LogP contribution in [0.3, 0.4) is 0 Å². The van der Waals surface area contributed by atoms with Gasteiger partial charge in [0.05, 0.1) is 18.9 Å². The first kappa shape index (κ1) is 14.9. The van der Waals surface area contributed by atoms with Crippen LogP contribution in [0.4, 0.5) is 13.2 Å². The van der Waals surface area contributed by atoms with Crippen molar-refractivity contribution >= 4 is 0 Å². The topological polar surface area (TPSA) is 9.23 Å². The van der Waals surface area contributed by atoms with Gasteiger partial charge in [0.1, 0.15) is 0 Å². The molecule has 0 aliphatic heterocycles. The monoisotopic (exact) mass is 284 g/mol. The fraction of sp³-hybridized carbons (Fsp3) is 0.500. The Kier molecular flexibility index (Phi) is 4.73. The lowest BCUT2D eigenvalue weighted by Gasteiger charge is -2.27. The molecule has 4 heteroatoms. The van der Waals surface area contributed by atoms with Gasteiger partial charge in [-0.05, 0) is 61.3 Å². The second-order valence-electron chi connectivity index (χ2n) is 5.30. The van der Waals surface area contributed by atoms with Gasteiger partial charge in [0.2, 0.25) is 0 Å². The molecule has 1 fully saturated rings. The zero-order chi connectivity index (χ0) is 14.6. The van der Waals surface area contributed by atoms with Crippen LogP contribution in [0.1, 0.15) is 42.7 Å². The quantitative estimate of drug-likeness (QED) is 0.698. The molecule has 0 heterocycles. The Labute approximate surface area is 117 Å². The van der Waals surface area contributed by atoms with Crippen LogP contribution >= 0.6 is 0 Å². The Morgan fingerprint density at radius 1 is 1.05 bits per heavy atom. The number of methoxy groups -OCH3 is 1. The van der Waals surface area contributed by atoms with Crippen molar-refractivity contribution in [2.24, 2.45) is 5.92 Å². The molecular weight excluding hydrogens is 265 g/mol. The maximum absolute atomic E-state index is 12.5. The molecule has 0 unspecified atom stereocenters. The minimum absolute atomic E-state index is 0.379. The lowest BCUT2D eigenvalue weighted by molar-refractivity contribution is -0.137. The number of allylic oxidation sites excluding steroid dienone is 1. The Morgan fingerprint density at radius 3 is 2.15 bits per heavy atom. The van der Waals surface area contributed by atoms with Gasteiger partial charge in [0.15, 0.2) is 0 Å². The highest BCUT2D eigenvalue weighted by Gasteiger charge is 2.30. The first-order chi connectivity index (χ1) is 9.50. The molecule has 20 heavy (non-hydrogen) atoms. The van der Waals surface area contributed by atoms with Crippen LogP contribution in [-0.4, -0.2) is 7.11 Å². The molecule has 1 aromatic rings. The van der Waals surface area contributed by atoms with E-state index in [1.54, 1.807) is 25.5 Å². The molecule has 110 valence electrons. The predicted octanol–water partition coefficient (Wildman–Crippen LogP) is 5.14. The van der Waals surface area contributed by atoms with Crippen molar-refractivity contribution in [3.8, 4) is 0 Å². The normalized spacial score (nSPS) is 24.0. The van der Waals surface area contributed by atoms with Gasteiger partial charge in [-0.1, -0.05) is 12.1 Å². The molecule has 1 aliphatic carbocycles. The summed E-state index contributed by atoms with van der Waals surface area (Å²) in [6, 6.07) is 5.62. The lowest BCUT2D eigenvalue weighted by atomic mass is 9.78. The fourth-order valence-corrected chi connectivity index (χ4v) is 2.78. The molecule has 2 rings (SSSR count). The predicted molar refractivity (Wildman–Crippen MR) is 72.3 cm³/mol. The summed E-state index contributed by atoms with van der Waals surface area (Å²) in [5, 5.41) is 0. The average molecular weight is 284 g/mol. The van der Waals surface area contributed by atoms with Crippen LogP contribution in [0.5, 0.6) is 0 Å². The summed E-state index contributed by atoms with van der Waals surface area (Å²) in [7, 11) is 1.63. The zero-order valence-corrected chi connectivity index (χ0v) is 11.5. The van der Waals surface area contributed by atoms with E-state index in [0.29, 0.717) is 11.8 Å². The number of rotatable bonds is 3. The van der Waals surface area contributed by atoms with Crippen molar-refractivity contribution in [1.82, 2.24) is 0 Å². The number of halogens is 3. The van der Waals surface area contributed by atoms with Gasteiger partial charge in [0, 0.05) is 0 Å². The summed E-state index contributed by atoms with van der Waals surface area (Å²) < 4.78 is 42.4. The Balaban J connectivity index is 1.95. The summed E-state index contributed by atoms with van der Waals surface area (Å²) in [5.41, 5.74) is 0.449. The number of benzene rings is 1. The first-order valence-electron chi connectivity index (χ1n) is 6.87. The number of hydrogen-bond donors (Lipinski definition) is 0. The Morgan fingerprint density at radius 2 is 1.65 bits per heavy atom. The van der Waals surface area contributed by atoms with E-state index in [0.717, 1.165) is 31.2 Å². The van der Waals surface area contributed by atoms with Crippen LogP contribution in [0, 0.1) is 5.92 Å². The molecular formula is C16H19F3O. The smallest absolute Gasteiger partial charge is 0.416 e. The van der Waals surface area contributed by atoms with E-state index in [9.17, 15) is 13.2 Å². The standard InChI is InChI=1S/C16H19F3O/c1-20-11-10-12-2-4-13(5-3-12)14-6-8-15(9-7-14)16(17,18)19/h6-13H,2-5H2,1H3/b11-10+/t12-,13-. The average Bonchev–Trinajstić information content (AvgIpc) is 2.45. The third-order valence-electron chi connectivity index (χ3n) is 3.97. The molecule has 1 aliphatic rings. The first-order valence-corrected chi connectivity index (χ1v) is 6.87. The molecule has 1 aromatic carbocycles. The fourth-order valence-electron chi connectivity index (χ4n) is 2.78. The highest BCUT2D eigenvalue weighted by molar-refractivity contribution is 5.27. The van der Waals surface area contributed by atoms with Gasteiger partial charge in [-0.3, -0.25) is 0 Å². The largest absolute Gasteiger partial charge is 0.505 e. The molecule has 0 aromatic heterocycles. The molecule has 0 radical (unpaired) electrons. The second kappa shape index (κ2) is 6.33. The van der Waals surface area contributed by atoms with Crippen LogP contribution in [0.2, 0.25) is 0 Å². The molecule has 0 amide bonds. The van der Waals surface area contributed by atoms with Crippen molar-refractivity contribution in [1.29, 1.82) is 0 Å². The summed E-state index contributed by atoms with van der Waals surface area (Å²) in [4.78, 5) is 0. The maximum Gasteiger partial charge on any atom is 0.416 e. The number of alkyl halides is 3. The van der Waals surface area contributed by atoms with E-state index in [4.69, 9.17) is 4.74 Å². The van der Waals surface area contributed by atoms with Crippen molar-refractivity contribution < 1.29 is 17.9 Å². The van der Waals surface area contributed by atoms with Gasteiger partial charge in [-0.25, -0.2) is 0 Å². The highest BCUT2D eigenvalue weighted by Crippen LogP contribution is 2.37. The maximum atomic E-state index is 12.5. The van der Waals surface area contributed by atoms with Crippen LogP contribution in [0.25, 0.3) is 0 Å². The third-order valence-corrected chi connectivity index (χ3v) is 3.97. The Hall–Kier alpha value is -1.45. The van der Waals surface area contributed by atoms with Crippen LogP contribution in [-0.2, 0) is 10.9 Å². The molecule has 0 spiro atoms. The van der Waals surface area contributed by atoms with E-state index in [1.807, 2.05) is 0 Å². The SMILES string of the molecule is CO/C=C/[C@H]1CC[C@H](c2ccc(C(F)(F)F)cc2)CC1. The number of ether oxygens (including phenoxy) is 1. The molecule has 0 bridgehead atoms. The van der Waals surface area contributed by atoms with E-state index in [-0.39, 0.29) is 0 Å². The molecule has 1 nitrogen and oxygen atoms in total. The summed E-state index contributed by atoms with van der Waals surface area (Å²) in [6.45, 7) is 0. The molecule has 1 saturated carbocycles. The molecule has 0 N–H and O–H groups in total. The van der Waals surface area contributed by atoms with Gasteiger partial charge in [-0.15, -0.1) is 0 Å². The second-order valence-corrected chi connectivity index (χ2v) is 5.30. The highest BCUT2D eigenvalue weighted by atomic mass is 19.4. The zero-order valence-electron chi connectivity index (χ0n) is 11.5. The van der Waals surface area contributed by atoms with Crippen LogP contribution in [0.15, 0.2) is 36.6 Å². The summed E-state index contributed by atoms with van der Waals surface area (Å²) >= 11 is 0. The molecule has 0 saturated heterocycles. The van der Waals surface area contributed by atoms with Gasteiger partial charge < -0.3 is 4.74 Å². The van der Waals surface area contributed by atoms with Crippen molar-refractivity contribution in [2.75, 3.05) is 7.11 Å². The minimum atomic E-state index is -4.25. The van der Waals surface area contributed by atoms with Crippen molar-refractivity contribution in [2.45, 2.75) is 37.8 Å². The van der Waals surface area contributed by atoms with E-state index >= 15 is 0 Å². The number of hydrogen-bond acceptors (Lipinski definition) is 1. The summed E-state index contributed by atoms with van der Waals surface area (Å²) in [6.07, 6.45) is 3.69. The van der Waals surface area contributed by atoms with E-state index in [2.05, 4.69) is 6.08 Å². The third kappa shape index (κ3) is 3.78. The van der Waals surface area contributed by atoms with Crippen LogP contribution < -0.4 is 0 Å².